The lowest BCUT2D eigenvalue weighted by atomic mass is 10.2. The maximum Gasteiger partial charge on any atom is 0.0664 e. The Morgan fingerprint density at radius 1 is 1.00 bits per heavy atom. The monoisotopic (exact) mass is 281 g/mol. The van der Waals surface area contributed by atoms with Gasteiger partial charge in [0, 0.05) is 6.54 Å². The van der Waals surface area contributed by atoms with Crippen molar-refractivity contribution in [3.05, 3.63) is 0 Å². The van der Waals surface area contributed by atoms with E-state index in [2.05, 4.69) is 18.7 Å². The summed E-state index contributed by atoms with van der Waals surface area (Å²) >= 11 is 0. The summed E-state index contributed by atoms with van der Waals surface area (Å²) in [6, 6.07) is 0. The van der Waals surface area contributed by atoms with Crippen molar-refractivity contribution >= 4 is 17.0 Å². The molecule has 0 amide bonds. The number of aliphatic hydroxyl groups is 1. The Kier molecular flexibility index (Phi) is 14.8. The number of rotatable bonds is 9. The Balaban J connectivity index is 0. The van der Waals surface area contributed by atoms with Crippen molar-refractivity contribution in [2.45, 2.75) is 59.0 Å². The minimum atomic E-state index is -0.135. The van der Waals surface area contributed by atoms with Gasteiger partial charge >= 0.3 is 0 Å². The van der Waals surface area contributed by atoms with Gasteiger partial charge in [0.2, 0.25) is 0 Å². The number of nitrogens with zero attached hydrogens (tertiary/aromatic N) is 1. The van der Waals surface area contributed by atoms with Gasteiger partial charge in [-0.25, -0.2) is 0 Å². The van der Waals surface area contributed by atoms with E-state index in [1.165, 1.54) is 25.7 Å². The van der Waals surface area contributed by atoms with Gasteiger partial charge < -0.3 is 10.0 Å². The molecule has 1 N–H and O–H groups in total. The average molecular weight is 282 g/mol. The zero-order valence-corrected chi connectivity index (χ0v) is 12.2. The smallest absolute Gasteiger partial charge is 0.0664 e. The number of unbranched alkanes of at least 4 members (excludes halogenated alkanes) is 2. The van der Waals surface area contributed by atoms with Crippen molar-refractivity contribution in [3.63, 3.8) is 0 Å². The van der Waals surface area contributed by atoms with Crippen LogP contribution in [0.15, 0.2) is 0 Å². The van der Waals surface area contributed by atoms with E-state index in [1.807, 2.05) is 6.92 Å². The zero-order chi connectivity index (χ0) is 10.8. The third-order valence-electron chi connectivity index (χ3n) is 2.60. The molecular weight excluding hydrogens is 254 g/mol. The van der Waals surface area contributed by atoms with E-state index in [-0.39, 0.29) is 23.1 Å². The van der Waals surface area contributed by atoms with Gasteiger partial charge in [-0.3, -0.25) is 0 Å². The van der Waals surface area contributed by atoms with Gasteiger partial charge in [0.1, 0.15) is 0 Å². The number of hydrogen-bond acceptors (Lipinski definition) is 2. The molecule has 0 aromatic rings. The Bertz CT molecular complexity index is 114. The van der Waals surface area contributed by atoms with Crippen molar-refractivity contribution in [3.8, 4) is 0 Å². The molecule has 0 aromatic carbocycles. The Morgan fingerprint density at radius 2 is 1.47 bits per heavy atom. The van der Waals surface area contributed by atoms with Crippen molar-refractivity contribution in [2.24, 2.45) is 0 Å². The summed E-state index contributed by atoms with van der Waals surface area (Å²) in [5, 5.41) is 9.59. The molecule has 3 heteroatoms. The first-order valence-corrected chi connectivity index (χ1v) is 6.14. The molecule has 0 aliphatic heterocycles. The van der Waals surface area contributed by atoms with E-state index < -0.39 is 0 Å². The van der Waals surface area contributed by atoms with Crippen LogP contribution in [-0.4, -0.2) is 35.7 Å². The van der Waals surface area contributed by atoms with Gasteiger partial charge in [-0.05, 0) is 32.4 Å². The van der Waals surface area contributed by atoms with Gasteiger partial charge in [-0.1, -0.05) is 33.6 Å². The molecule has 1 unspecified atom stereocenters. The van der Waals surface area contributed by atoms with Gasteiger partial charge in [0.15, 0.2) is 0 Å². The largest absolute Gasteiger partial charge is 0.392 e. The fraction of sp³-hybridized carbons (Fsp3) is 1.00. The summed E-state index contributed by atoms with van der Waals surface area (Å²) in [4.78, 5) is 2.40. The fourth-order valence-corrected chi connectivity index (χ4v) is 1.48. The lowest BCUT2D eigenvalue weighted by Crippen LogP contribution is -2.33. The second-order valence-corrected chi connectivity index (χ2v) is 4.07. The lowest BCUT2D eigenvalue weighted by Gasteiger charge is -2.24. The average Bonchev–Trinajstić information content (AvgIpc) is 2.21. The van der Waals surface area contributed by atoms with E-state index >= 15 is 0 Å². The van der Waals surface area contributed by atoms with Crippen LogP contribution in [0.4, 0.5) is 0 Å². The molecule has 15 heavy (non-hydrogen) atoms. The molecule has 0 radical (unpaired) electrons. The Hall–Kier alpha value is 0.400. The molecule has 0 bridgehead atoms. The summed E-state index contributed by atoms with van der Waals surface area (Å²) in [6.07, 6.45) is 5.72. The van der Waals surface area contributed by atoms with Crippen molar-refractivity contribution < 1.29 is 5.11 Å². The quantitative estimate of drug-likeness (QED) is 0.702. The number of hydrogen-bond donors (Lipinski definition) is 1. The van der Waals surface area contributed by atoms with Crippen molar-refractivity contribution in [2.75, 3.05) is 19.6 Å². The second-order valence-electron chi connectivity index (χ2n) is 4.07. The van der Waals surface area contributed by atoms with Crippen LogP contribution in [-0.2, 0) is 0 Å². The fourth-order valence-electron chi connectivity index (χ4n) is 1.48. The van der Waals surface area contributed by atoms with Crippen LogP contribution < -0.4 is 0 Å². The highest BCUT2D eigenvalue weighted by Crippen LogP contribution is 2.02. The van der Waals surface area contributed by atoms with Gasteiger partial charge in [-0.15, -0.1) is 17.0 Å². The van der Waals surface area contributed by atoms with E-state index in [1.54, 1.807) is 0 Å². The SMILES string of the molecule is Br.CCCCN(CCCC)CC(O)CC. The molecule has 0 fully saturated rings. The van der Waals surface area contributed by atoms with Crippen LogP contribution >= 0.6 is 17.0 Å². The zero-order valence-electron chi connectivity index (χ0n) is 10.5. The third kappa shape index (κ3) is 10.7. The van der Waals surface area contributed by atoms with Crippen LogP contribution in [0.25, 0.3) is 0 Å². The summed E-state index contributed by atoms with van der Waals surface area (Å²) in [5.74, 6) is 0. The summed E-state index contributed by atoms with van der Waals surface area (Å²) in [6.45, 7) is 9.63. The van der Waals surface area contributed by atoms with Crippen LogP contribution in [0.1, 0.15) is 52.9 Å². The molecule has 0 saturated heterocycles. The van der Waals surface area contributed by atoms with Crippen molar-refractivity contribution in [1.29, 1.82) is 0 Å². The summed E-state index contributed by atoms with van der Waals surface area (Å²) < 4.78 is 0. The minimum absolute atomic E-state index is 0. The molecule has 2 nitrogen and oxygen atoms in total. The molecule has 0 heterocycles. The van der Waals surface area contributed by atoms with Crippen LogP contribution in [0.5, 0.6) is 0 Å². The van der Waals surface area contributed by atoms with Crippen LogP contribution in [0.2, 0.25) is 0 Å². The Labute approximate surface area is 106 Å². The highest BCUT2D eigenvalue weighted by Gasteiger charge is 2.08. The molecular formula is C12H28BrNO. The molecule has 0 aliphatic rings. The highest BCUT2D eigenvalue weighted by atomic mass is 79.9. The van der Waals surface area contributed by atoms with Gasteiger partial charge in [0.25, 0.3) is 0 Å². The third-order valence-corrected chi connectivity index (χ3v) is 2.60. The normalized spacial score (nSPS) is 12.6. The molecule has 0 spiro atoms. The predicted molar refractivity (Wildman–Crippen MR) is 72.9 cm³/mol. The minimum Gasteiger partial charge on any atom is -0.392 e. The van der Waals surface area contributed by atoms with Crippen LogP contribution in [0.3, 0.4) is 0 Å². The van der Waals surface area contributed by atoms with Crippen molar-refractivity contribution in [1.82, 2.24) is 4.90 Å². The van der Waals surface area contributed by atoms with E-state index in [9.17, 15) is 5.11 Å². The number of halogens is 1. The Morgan fingerprint density at radius 3 is 1.80 bits per heavy atom. The molecule has 0 aromatic heterocycles. The maximum atomic E-state index is 9.59. The number of aliphatic hydroxyl groups excluding tert-OH is 1. The van der Waals surface area contributed by atoms with Crippen LogP contribution in [0, 0.1) is 0 Å². The first-order chi connectivity index (χ1) is 6.74. The first kappa shape index (κ1) is 17.8. The highest BCUT2D eigenvalue weighted by molar-refractivity contribution is 8.93. The van der Waals surface area contributed by atoms with Gasteiger partial charge in [-0.2, -0.15) is 0 Å². The van der Waals surface area contributed by atoms with Gasteiger partial charge in [0.05, 0.1) is 6.10 Å². The standard InChI is InChI=1S/C12H27NO.BrH/c1-4-7-9-13(10-8-5-2)11-12(14)6-3;/h12,14H,4-11H2,1-3H3;1H. The molecule has 0 rings (SSSR count). The second kappa shape index (κ2) is 12.5. The molecule has 0 saturated carbocycles. The van der Waals surface area contributed by atoms with E-state index in [0.717, 1.165) is 26.1 Å². The predicted octanol–water partition coefficient (Wildman–Crippen LogP) is 3.24. The lowest BCUT2D eigenvalue weighted by molar-refractivity contribution is 0.107. The maximum absolute atomic E-state index is 9.59. The molecule has 1 atom stereocenters. The molecule has 94 valence electrons. The topological polar surface area (TPSA) is 23.5 Å². The van der Waals surface area contributed by atoms with E-state index in [0.29, 0.717) is 0 Å². The molecule has 0 aliphatic carbocycles. The summed E-state index contributed by atoms with van der Waals surface area (Å²) in [5.41, 5.74) is 0. The van der Waals surface area contributed by atoms with E-state index in [4.69, 9.17) is 0 Å². The first-order valence-electron chi connectivity index (χ1n) is 6.14. The summed E-state index contributed by atoms with van der Waals surface area (Å²) in [7, 11) is 0.